The van der Waals surface area contributed by atoms with Gasteiger partial charge in [0, 0.05) is 52.4 Å². The molecule has 1 saturated carbocycles. The predicted molar refractivity (Wildman–Crippen MR) is 110 cm³/mol. The second kappa shape index (κ2) is 10.8. The molecule has 0 aliphatic heterocycles. The third-order valence-corrected chi connectivity index (χ3v) is 5.98. The van der Waals surface area contributed by atoms with E-state index in [1.807, 2.05) is 23.9 Å². The van der Waals surface area contributed by atoms with Crippen LogP contribution in [0.25, 0.3) is 0 Å². The smallest absolute Gasteiger partial charge is 0.222 e. The maximum absolute atomic E-state index is 12.8. The van der Waals surface area contributed by atoms with Gasteiger partial charge in [-0.25, -0.2) is 0 Å². The zero-order valence-corrected chi connectivity index (χ0v) is 17.9. The first kappa shape index (κ1) is 21.9. The summed E-state index contributed by atoms with van der Waals surface area (Å²) in [5.41, 5.74) is 0. The van der Waals surface area contributed by atoms with Crippen LogP contribution in [0.5, 0.6) is 0 Å². The molecule has 2 atom stereocenters. The molecule has 3 rings (SSSR count). The molecule has 0 spiro atoms. The number of carbonyl (C=O) groups is 2. The molecular weight excluding hydrogens is 384 g/mol. The fourth-order valence-electron chi connectivity index (χ4n) is 4.21. The summed E-state index contributed by atoms with van der Waals surface area (Å²) in [6, 6.07) is 0.142. The number of likely N-dealkylation sites (N-methyl/N-ethyl adjacent to an activating group) is 2. The van der Waals surface area contributed by atoms with Crippen molar-refractivity contribution in [2.75, 3.05) is 14.1 Å². The monoisotopic (exact) mass is 416 g/mol. The Labute approximate surface area is 177 Å². The zero-order chi connectivity index (χ0) is 21.3. The molecule has 1 aliphatic rings. The standard InChI is InChI=1S/C20H32N8O2/c1-25(19(29)9-5-13-27-15-11-21-23-27)17-7-3-4-8-18(17)26(2)20(30)10-6-14-28-16-12-22-24-28/h11-12,15-18H,3-10,13-14H2,1-2H3. The van der Waals surface area contributed by atoms with Gasteiger partial charge in [0.1, 0.15) is 0 Å². The summed E-state index contributed by atoms with van der Waals surface area (Å²) in [7, 11) is 3.76. The van der Waals surface area contributed by atoms with Crippen molar-refractivity contribution < 1.29 is 9.59 Å². The molecule has 1 aliphatic carbocycles. The van der Waals surface area contributed by atoms with Crippen LogP contribution in [0, 0.1) is 0 Å². The lowest BCUT2D eigenvalue weighted by atomic mass is 9.88. The summed E-state index contributed by atoms with van der Waals surface area (Å²) < 4.78 is 3.48. The summed E-state index contributed by atoms with van der Waals surface area (Å²) in [6.45, 7) is 1.36. The first-order valence-corrected chi connectivity index (χ1v) is 10.8. The minimum Gasteiger partial charge on any atom is -0.341 e. The Morgan fingerprint density at radius 1 is 0.833 bits per heavy atom. The van der Waals surface area contributed by atoms with E-state index >= 15 is 0 Å². The van der Waals surface area contributed by atoms with Gasteiger partial charge in [0.05, 0.1) is 24.5 Å². The number of hydrogen-bond donors (Lipinski definition) is 0. The van der Waals surface area contributed by atoms with E-state index in [0.29, 0.717) is 25.9 Å². The molecule has 0 N–H and O–H groups in total. The predicted octanol–water partition coefficient (Wildman–Crippen LogP) is 1.36. The van der Waals surface area contributed by atoms with E-state index in [9.17, 15) is 9.59 Å². The molecule has 164 valence electrons. The van der Waals surface area contributed by atoms with Gasteiger partial charge in [-0.1, -0.05) is 23.3 Å². The highest BCUT2D eigenvalue weighted by Crippen LogP contribution is 2.27. The van der Waals surface area contributed by atoms with Crippen LogP contribution >= 0.6 is 0 Å². The van der Waals surface area contributed by atoms with Gasteiger partial charge in [-0.15, -0.1) is 10.2 Å². The number of carbonyl (C=O) groups excluding carboxylic acids is 2. The van der Waals surface area contributed by atoms with E-state index in [0.717, 1.165) is 38.5 Å². The lowest BCUT2D eigenvalue weighted by Gasteiger charge is -2.42. The molecule has 2 amide bonds. The number of hydrogen-bond acceptors (Lipinski definition) is 6. The Hall–Kier alpha value is -2.78. The van der Waals surface area contributed by atoms with E-state index in [1.165, 1.54) is 0 Å². The fraction of sp³-hybridized carbons (Fsp3) is 0.700. The number of aryl methyl sites for hydroxylation is 2. The first-order valence-electron chi connectivity index (χ1n) is 10.8. The van der Waals surface area contributed by atoms with Crippen LogP contribution in [0.2, 0.25) is 0 Å². The quantitative estimate of drug-likeness (QED) is 0.579. The van der Waals surface area contributed by atoms with E-state index in [-0.39, 0.29) is 23.9 Å². The lowest BCUT2D eigenvalue weighted by molar-refractivity contribution is -0.140. The van der Waals surface area contributed by atoms with Gasteiger partial charge >= 0.3 is 0 Å². The Balaban J connectivity index is 1.49. The molecule has 10 heteroatoms. The van der Waals surface area contributed by atoms with Crippen LogP contribution in [0.4, 0.5) is 0 Å². The average Bonchev–Trinajstić information content (AvgIpc) is 3.47. The lowest BCUT2D eigenvalue weighted by Crippen LogP contribution is -2.54. The van der Waals surface area contributed by atoms with Crippen LogP contribution in [-0.2, 0) is 22.7 Å². The largest absolute Gasteiger partial charge is 0.341 e. The summed E-state index contributed by atoms with van der Waals surface area (Å²) >= 11 is 0. The van der Waals surface area contributed by atoms with E-state index in [1.54, 1.807) is 34.2 Å². The molecule has 0 aromatic carbocycles. The topological polar surface area (TPSA) is 102 Å². The van der Waals surface area contributed by atoms with Crippen LogP contribution < -0.4 is 0 Å². The van der Waals surface area contributed by atoms with Crippen LogP contribution in [0.15, 0.2) is 24.8 Å². The molecule has 30 heavy (non-hydrogen) atoms. The molecule has 2 unspecified atom stereocenters. The molecule has 2 aromatic rings. The maximum atomic E-state index is 12.8. The minimum atomic E-state index is 0.0712. The zero-order valence-electron chi connectivity index (χ0n) is 17.9. The highest BCUT2D eigenvalue weighted by atomic mass is 16.2. The van der Waals surface area contributed by atoms with Crippen molar-refractivity contribution in [2.24, 2.45) is 0 Å². The fourth-order valence-corrected chi connectivity index (χ4v) is 4.21. The molecule has 0 bridgehead atoms. The first-order chi connectivity index (χ1) is 14.6. The molecule has 0 saturated heterocycles. The number of amides is 2. The molecule has 2 aromatic heterocycles. The van der Waals surface area contributed by atoms with Gasteiger partial charge in [-0.05, 0) is 25.7 Å². The summed E-state index contributed by atoms with van der Waals surface area (Å²) in [5.74, 6) is 0.248. The van der Waals surface area contributed by atoms with Crippen molar-refractivity contribution in [2.45, 2.75) is 76.5 Å². The van der Waals surface area contributed by atoms with Gasteiger partial charge < -0.3 is 9.80 Å². The molecule has 2 heterocycles. The van der Waals surface area contributed by atoms with E-state index in [4.69, 9.17) is 0 Å². The number of nitrogens with zero attached hydrogens (tertiary/aromatic N) is 8. The second-order valence-corrected chi connectivity index (χ2v) is 7.97. The Morgan fingerprint density at radius 3 is 1.63 bits per heavy atom. The molecule has 1 fully saturated rings. The highest BCUT2D eigenvalue weighted by Gasteiger charge is 2.34. The van der Waals surface area contributed by atoms with Gasteiger partial charge in [0.15, 0.2) is 0 Å². The maximum Gasteiger partial charge on any atom is 0.222 e. The average molecular weight is 417 g/mol. The van der Waals surface area contributed by atoms with Crippen molar-refractivity contribution in [3.63, 3.8) is 0 Å². The van der Waals surface area contributed by atoms with Gasteiger partial charge in [-0.2, -0.15) is 0 Å². The van der Waals surface area contributed by atoms with E-state index < -0.39 is 0 Å². The highest BCUT2D eigenvalue weighted by molar-refractivity contribution is 5.77. The van der Waals surface area contributed by atoms with Crippen molar-refractivity contribution in [3.05, 3.63) is 24.8 Å². The summed E-state index contributed by atoms with van der Waals surface area (Å²) in [4.78, 5) is 29.3. The Kier molecular flexibility index (Phi) is 7.92. The van der Waals surface area contributed by atoms with Crippen molar-refractivity contribution in [1.29, 1.82) is 0 Å². The summed E-state index contributed by atoms with van der Waals surface area (Å²) in [6.07, 6.45) is 13.3. The normalized spacial score (nSPS) is 18.9. The molecule has 0 radical (unpaired) electrons. The van der Waals surface area contributed by atoms with Gasteiger partial charge in [0.25, 0.3) is 0 Å². The van der Waals surface area contributed by atoms with Crippen molar-refractivity contribution >= 4 is 11.8 Å². The Morgan fingerprint density at radius 2 is 1.27 bits per heavy atom. The third kappa shape index (κ3) is 5.87. The van der Waals surface area contributed by atoms with Gasteiger partial charge in [0.2, 0.25) is 11.8 Å². The van der Waals surface area contributed by atoms with Crippen LogP contribution in [-0.4, -0.2) is 77.8 Å². The van der Waals surface area contributed by atoms with Crippen molar-refractivity contribution in [3.8, 4) is 0 Å². The van der Waals surface area contributed by atoms with Crippen molar-refractivity contribution in [1.82, 2.24) is 39.8 Å². The minimum absolute atomic E-state index is 0.0712. The van der Waals surface area contributed by atoms with E-state index in [2.05, 4.69) is 20.6 Å². The molecule has 10 nitrogen and oxygen atoms in total. The number of rotatable bonds is 10. The summed E-state index contributed by atoms with van der Waals surface area (Å²) in [5, 5.41) is 15.4. The van der Waals surface area contributed by atoms with Gasteiger partial charge in [-0.3, -0.25) is 19.0 Å². The number of aromatic nitrogens is 6. The van der Waals surface area contributed by atoms with Crippen LogP contribution in [0.1, 0.15) is 51.4 Å². The SMILES string of the molecule is CN(C(=O)CCCn1ccnn1)C1CCCCC1N(C)C(=O)CCCn1ccnn1. The van der Waals surface area contributed by atoms with Crippen LogP contribution in [0.3, 0.4) is 0 Å². The second-order valence-electron chi connectivity index (χ2n) is 7.97. The molecular formula is C20H32N8O2. The third-order valence-electron chi connectivity index (χ3n) is 5.98. The Bertz CT molecular complexity index is 711.